The molecule has 1 atom stereocenters. The maximum absolute atomic E-state index is 13.2. The van der Waals surface area contributed by atoms with Crippen molar-refractivity contribution in [2.75, 3.05) is 44.7 Å². The summed E-state index contributed by atoms with van der Waals surface area (Å²) in [6.07, 6.45) is -4.68. The van der Waals surface area contributed by atoms with Gasteiger partial charge in [-0.05, 0) is 26.8 Å². The Kier molecular flexibility index (Phi) is 9.19. The van der Waals surface area contributed by atoms with E-state index in [4.69, 9.17) is 39.5 Å². The molecule has 0 saturated carbocycles. The summed E-state index contributed by atoms with van der Waals surface area (Å²) in [4.78, 5) is 16.4. The molecule has 0 radical (unpaired) electrons. The first-order chi connectivity index (χ1) is 14.8. The average molecular weight is 518 g/mol. The van der Waals surface area contributed by atoms with Gasteiger partial charge in [0.1, 0.15) is 12.3 Å². The highest BCUT2D eigenvalue weighted by atomic mass is 35.5. The lowest BCUT2D eigenvalue weighted by Gasteiger charge is -2.37. The standard InChI is InChI=1S/C20H26Cl3F3N4O2/c1-12(2)30(27-19(13(3)21)20(24,25)26)11-18(31)29-7-5-28(6-8-29)16-10-17(32-4)15(23)9-14(16)22/h9-10,12-13H,5-8,11H2,1-4H3/b27-19+. The molecular formula is C20H26Cl3F3N4O2. The molecule has 32 heavy (non-hydrogen) atoms. The van der Waals surface area contributed by atoms with Gasteiger partial charge in [-0.15, -0.1) is 11.6 Å². The molecule has 180 valence electrons. The molecule has 1 aliphatic rings. The summed E-state index contributed by atoms with van der Waals surface area (Å²) in [7, 11) is 1.51. The van der Waals surface area contributed by atoms with Crippen LogP contribution in [-0.4, -0.2) is 79.0 Å². The van der Waals surface area contributed by atoms with Crippen molar-refractivity contribution in [2.45, 2.75) is 38.4 Å². The lowest BCUT2D eigenvalue weighted by atomic mass is 10.2. The third kappa shape index (κ3) is 6.71. The number of alkyl halides is 4. The van der Waals surface area contributed by atoms with E-state index in [9.17, 15) is 18.0 Å². The van der Waals surface area contributed by atoms with E-state index in [-0.39, 0.29) is 12.5 Å². The maximum atomic E-state index is 13.2. The van der Waals surface area contributed by atoms with Gasteiger partial charge in [0.2, 0.25) is 5.91 Å². The number of hydrogen-bond acceptors (Lipinski definition) is 5. The molecule has 2 rings (SSSR count). The molecule has 0 aliphatic carbocycles. The summed E-state index contributed by atoms with van der Waals surface area (Å²) in [6, 6.07) is 2.92. The van der Waals surface area contributed by atoms with Crippen molar-refractivity contribution in [3.8, 4) is 5.75 Å². The van der Waals surface area contributed by atoms with Crippen LogP contribution in [-0.2, 0) is 4.79 Å². The van der Waals surface area contributed by atoms with Crippen LogP contribution in [0.1, 0.15) is 20.8 Å². The van der Waals surface area contributed by atoms with Crippen LogP contribution in [0.4, 0.5) is 18.9 Å². The molecule has 1 heterocycles. The molecule has 12 heteroatoms. The molecule has 1 amide bonds. The summed E-state index contributed by atoms with van der Waals surface area (Å²) in [5, 5.41) is 4.32. The zero-order valence-electron chi connectivity index (χ0n) is 18.2. The SMILES string of the molecule is COc1cc(N2CCN(C(=O)CN(/N=C(\C(C)Cl)C(F)(F)F)C(C)C)CC2)c(Cl)cc1Cl. The minimum absolute atomic E-state index is 0.281. The van der Waals surface area contributed by atoms with E-state index in [1.165, 1.54) is 14.0 Å². The fraction of sp³-hybridized carbons (Fsp3) is 0.600. The van der Waals surface area contributed by atoms with Gasteiger partial charge < -0.3 is 14.5 Å². The molecule has 6 nitrogen and oxygen atoms in total. The smallest absolute Gasteiger partial charge is 0.432 e. The Bertz CT molecular complexity index is 842. The number of halogens is 6. The van der Waals surface area contributed by atoms with Crippen molar-refractivity contribution in [3.05, 3.63) is 22.2 Å². The van der Waals surface area contributed by atoms with Crippen LogP contribution < -0.4 is 9.64 Å². The molecule has 1 aliphatic heterocycles. The van der Waals surface area contributed by atoms with E-state index in [1.807, 2.05) is 4.90 Å². The predicted molar refractivity (Wildman–Crippen MR) is 122 cm³/mol. The number of carbonyl (C=O) groups excluding carboxylic acids is 1. The first kappa shape index (κ1) is 26.7. The monoisotopic (exact) mass is 516 g/mol. The van der Waals surface area contributed by atoms with Crippen LogP contribution in [0.2, 0.25) is 10.0 Å². The van der Waals surface area contributed by atoms with Crippen molar-refractivity contribution in [1.29, 1.82) is 0 Å². The number of rotatable bonds is 7. The van der Waals surface area contributed by atoms with Gasteiger partial charge in [-0.1, -0.05) is 23.2 Å². The lowest BCUT2D eigenvalue weighted by Crippen LogP contribution is -2.51. The van der Waals surface area contributed by atoms with E-state index in [2.05, 4.69) is 5.10 Å². The Morgan fingerprint density at radius 1 is 1.16 bits per heavy atom. The molecule has 0 N–H and O–H groups in total. The fourth-order valence-corrected chi connectivity index (χ4v) is 3.93. The zero-order chi connectivity index (χ0) is 24.2. The average Bonchev–Trinajstić information content (AvgIpc) is 2.69. The Labute approximate surface area is 200 Å². The van der Waals surface area contributed by atoms with E-state index in [0.717, 1.165) is 10.7 Å². The second-order valence-electron chi connectivity index (χ2n) is 7.60. The summed E-state index contributed by atoms with van der Waals surface area (Å²) < 4.78 is 44.9. The van der Waals surface area contributed by atoms with Crippen LogP contribution in [0, 0.1) is 0 Å². The molecule has 0 bridgehead atoms. The Morgan fingerprint density at radius 2 is 1.75 bits per heavy atom. The van der Waals surface area contributed by atoms with E-state index in [1.54, 1.807) is 30.9 Å². The fourth-order valence-electron chi connectivity index (χ4n) is 3.19. The first-order valence-corrected chi connectivity index (χ1v) is 11.2. The van der Waals surface area contributed by atoms with E-state index < -0.39 is 23.3 Å². The number of piperazine rings is 1. The van der Waals surface area contributed by atoms with Crippen molar-refractivity contribution in [1.82, 2.24) is 9.91 Å². The zero-order valence-corrected chi connectivity index (χ0v) is 20.5. The van der Waals surface area contributed by atoms with Gasteiger partial charge in [0.15, 0.2) is 5.71 Å². The molecule has 1 aromatic carbocycles. The highest BCUT2D eigenvalue weighted by molar-refractivity contribution is 6.37. The Morgan fingerprint density at radius 3 is 2.22 bits per heavy atom. The number of methoxy groups -OCH3 is 1. The first-order valence-electron chi connectivity index (χ1n) is 9.97. The molecule has 0 aromatic heterocycles. The van der Waals surface area contributed by atoms with Crippen LogP contribution in [0.3, 0.4) is 0 Å². The Hall–Kier alpha value is -1.58. The number of ether oxygens (including phenoxy) is 1. The minimum Gasteiger partial charge on any atom is -0.495 e. The quantitative estimate of drug-likeness (QED) is 0.293. The number of carbonyl (C=O) groups is 1. The van der Waals surface area contributed by atoms with E-state index >= 15 is 0 Å². The summed E-state index contributed by atoms with van der Waals surface area (Å²) in [6.45, 7) is 6.00. The van der Waals surface area contributed by atoms with Crippen molar-refractivity contribution >= 4 is 52.1 Å². The lowest BCUT2D eigenvalue weighted by molar-refractivity contribution is -0.133. The second kappa shape index (κ2) is 11.0. The van der Waals surface area contributed by atoms with E-state index in [0.29, 0.717) is 42.0 Å². The third-order valence-electron chi connectivity index (χ3n) is 4.99. The largest absolute Gasteiger partial charge is 0.495 e. The number of anilines is 1. The van der Waals surface area contributed by atoms with Crippen molar-refractivity contribution in [2.24, 2.45) is 5.10 Å². The predicted octanol–water partition coefficient (Wildman–Crippen LogP) is 4.91. The van der Waals surface area contributed by atoms with Crippen LogP contribution >= 0.6 is 34.8 Å². The van der Waals surface area contributed by atoms with Crippen LogP contribution in [0.5, 0.6) is 5.75 Å². The summed E-state index contributed by atoms with van der Waals surface area (Å²) in [5.41, 5.74) is -0.392. The second-order valence-corrected chi connectivity index (χ2v) is 9.07. The number of hydrazone groups is 1. The maximum Gasteiger partial charge on any atom is 0.432 e. The normalized spacial score (nSPS) is 16.4. The molecular weight excluding hydrogens is 492 g/mol. The van der Waals surface area contributed by atoms with Crippen molar-refractivity contribution in [3.63, 3.8) is 0 Å². The highest BCUT2D eigenvalue weighted by Gasteiger charge is 2.40. The Balaban J connectivity index is 2.08. The van der Waals surface area contributed by atoms with Crippen LogP contribution in [0.25, 0.3) is 0 Å². The van der Waals surface area contributed by atoms with Gasteiger partial charge in [0.25, 0.3) is 0 Å². The third-order valence-corrected chi connectivity index (χ3v) is 5.80. The number of nitrogens with zero attached hydrogens (tertiary/aromatic N) is 4. The molecule has 1 aromatic rings. The number of hydrogen-bond donors (Lipinski definition) is 0. The number of amides is 1. The van der Waals surface area contributed by atoms with Gasteiger partial charge in [-0.2, -0.15) is 18.3 Å². The van der Waals surface area contributed by atoms with Gasteiger partial charge >= 0.3 is 6.18 Å². The highest BCUT2D eigenvalue weighted by Crippen LogP contribution is 2.36. The van der Waals surface area contributed by atoms with Crippen LogP contribution in [0.15, 0.2) is 17.2 Å². The molecule has 0 spiro atoms. The molecule has 1 fully saturated rings. The molecule has 1 saturated heterocycles. The number of benzene rings is 1. The summed E-state index contributed by atoms with van der Waals surface area (Å²) in [5.74, 6) is 0.176. The molecule has 1 unspecified atom stereocenters. The van der Waals surface area contributed by atoms with Gasteiger partial charge in [-0.3, -0.25) is 9.80 Å². The van der Waals surface area contributed by atoms with Crippen molar-refractivity contribution < 1.29 is 22.7 Å². The van der Waals surface area contributed by atoms with Gasteiger partial charge in [0, 0.05) is 38.3 Å². The minimum atomic E-state index is -4.68. The topological polar surface area (TPSA) is 48.4 Å². The van der Waals surface area contributed by atoms with Gasteiger partial charge in [0.05, 0.1) is 28.2 Å². The van der Waals surface area contributed by atoms with Gasteiger partial charge in [-0.25, -0.2) is 0 Å². The summed E-state index contributed by atoms with van der Waals surface area (Å²) >= 11 is 18.1.